The van der Waals surface area contributed by atoms with Crippen LogP contribution in [0.1, 0.15) is 34.9 Å². The summed E-state index contributed by atoms with van der Waals surface area (Å²) in [6, 6.07) is 17.1. The molecule has 0 aliphatic carbocycles. The molecule has 1 aliphatic rings. The Bertz CT molecular complexity index is 1180. The molecule has 0 unspecified atom stereocenters. The van der Waals surface area contributed by atoms with E-state index < -0.39 is 0 Å². The predicted molar refractivity (Wildman–Crippen MR) is 119 cm³/mol. The molecule has 5 rings (SSSR count). The summed E-state index contributed by atoms with van der Waals surface area (Å²) in [6.45, 7) is 4.87. The standard InChI is InChI=1S/C24H24N2OS/c1-2-6-15-9-10-17-18(11-15)19-13-26(12-16-7-4-3-5-8-16)14-20-21(19)22(23(17)27)24(25)28-20/h3-5,7-11,27H,2,6,12-14,25H2,1H3. The van der Waals surface area contributed by atoms with Gasteiger partial charge in [0, 0.05) is 35.3 Å². The maximum Gasteiger partial charge on any atom is 0.134 e. The molecule has 0 saturated heterocycles. The number of benzene rings is 3. The number of phenolic OH excluding ortho intramolecular Hbond substituents is 1. The van der Waals surface area contributed by atoms with Crippen LogP contribution in [0.4, 0.5) is 5.00 Å². The van der Waals surface area contributed by atoms with E-state index >= 15 is 0 Å². The van der Waals surface area contributed by atoms with Gasteiger partial charge < -0.3 is 10.8 Å². The largest absolute Gasteiger partial charge is 0.507 e. The Hall–Kier alpha value is -2.56. The van der Waals surface area contributed by atoms with Crippen LogP contribution in [0.2, 0.25) is 0 Å². The van der Waals surface area contributed by atoms with E-state index in [1.807, 2.05) is 0 Å². The number of nitrogen functional groups attached to an aromatic ring is 1. The molecule has 3 N–H and O–H groups in total. The fourth-order valence-electron chi connectivity index (χ4n) is 4.52. The van der Waals surface area contributed by atoms with Gasteiger partial charge in [0.1, 0.15) is 5.75 Å². The van der Waals surface area contributed by atoms with Crippen LogP contribution < -0.4 is 5.73 Å². The first-order valence-corrected chi connectivity index (χ1v) is 10.7. The van der Waals surface area contributed by atoms with Gasteiger partial charge in [-0.2, -0.15) is 0 Å². The van der Waals surface area contributed by atoms with Gasteiger partial charge in [-0.25, -0.2) is 0 Å². The Morgan fingerprint density at radius 1 is 1.00 bits per heavy atom. The number of aryl methyl sites for hydroxylation is 1. The summed E-state index contributed by atoms with van der Waals surface area (Å²) in [5.41, 5.74) is 10.3. The fourth-order valence-corrected chi connectivity index (χ4v) is 5.67. The Morgan fingerprint density at radius 2 is 1.82 bits per heavy atom. The minimum Gasteiger partial charge on any atom is -0.507 e. The van der Waals surface area contributed by atoms with Crippen molar-refractivity contribution < 1.29 is 5.11 Å². The maximum atomic E-state index is 11.0. The smallest absolute Gasteiger partial charge is 0.134 e. The van der Waals surface area contributed by atoms with Crippen LogP contribution in [-0.4, -0.2) is 10.0 Å². The van der Waals surface area contributed by atoms with Crippen LogP contribution in [0.25, 0.3) is 21.5 Å². The van der Waals surface area contributed by atoms with Crippen molar-refractivity contribution in [1.82, 2.24) is 4.90 Å². The van der Waals surface area contributed by atoms with Crippen LogP contribution >= 0.6 is 11.3 Å². The third kappa shape index (κ3) is 2.76. The van der Waals surface area contributed by atoms with Gasteiger partial charge in [-0.3, -0.25) is 4.90 Å². The Morgan fingerprint density at radius 3 is 2.61 bits per heavy atom. The monoisotopic (exact) mass is 388 g/mol. The number of aromatic hydroxyl groups is 1. The van der Waals surface area contributed by atoms with Crippen LogP contribution in [0.5, 0.6) is 5.75 Å². The lowest BCUT2D eigenvalue weighted by molar-refractivity contribution is 0.247. The van der Waals surface area contributed by atoms with Gasteiger partial charge in [-0.05, 0) is 28.5 Å². The van der Waals surface area contributed by atoms with E-state index in [9.17, 15) is 5.11 Å². The Labute approximate surface area is 169 Å². The summed E-state index contributed by atoms with van der Waals surface area (Å²) >= 11 is 1.62. The zero-order valence-corrected chi connectivity index (χ0v) is 16.9. The van der Waals surface area contributed by atoms with Crippen molar-refractivity contribution in [3.8, 4) is 5.75 Å². The van der Waals surface area contributed by atoms with E-state index in [2.05, 4.69) is 60.4 Å². The van der Waals surface area contributed by atoms with Gasteiger partial charge in [0.2, 0.25) is 0 Å². The number of hydrogen-bond acceptors (Lipinski definition) is 4. The minimum atomic E-state index is 0.341. The highest BCUT2D eigenvalue weighted by molar-refractivity contribution is 7.18. The molecule has 0 fully saturated rings. The molecule has 1 aromatic heterocycles. The van der Waals surface area contributed by atoms with Crippen LogP contribution in [-0.2, 0) is 26.1 Å². The van der Waals surface area contributed by atoms with Crippen molar-refractivity contribution >= 4 is 37.9 Å². The van der Waals surface area contributed by atoms with Crippen LogP contribution in [0.3, 0.4) is 0 Å². The van der Waals surface area contributed by atoms with E-state index in [0.29, 0.717) is 5.75 Å². The normalized spacial score (nSPS) is 14.2. The second kappa shape index (κ2) is 6.80. The van der Waals surface area contributed by atoms with Crippen molar-refractivity contribution in [2.75, 3.05) is 5.73 Å². The predicted octanol–water partition coefficient (Wildman–Crippen LogP) is 5.81. The highest BCUT2D eigenvalue weighted by Crippen LogP contribution is 2.48. The van der Waals surface area contributed by atoms with E-state index in [0.717, 1.165) is 48.2 Å². The average molecular weight is 389 g/mol. The van der Waals surface area contributed by atoms with Gasteiger partial charge in [0.25, 0.3) is 0 Å². The molecular formula is C24H24N2OS. The number of nitrogens with zero attached hydrogens (tertiary/aromatic N) is 1. The third-order valence-electron chi connectivity index (χ3n) is 5.75. The van der Waals surface area contributed by atoms with E-state index in [1.165, 1.54) is 32.3 Å². The Kier molecular flexibility index (Phi) is 4.26. The van der Waals surface area contributed by atoms with Gasteiger partial charge in [0.05, 0.1) is 10.4 Å². The highest BCUT2D eigenvalue weighted by atomic mass is 32.1. The lowest BCUT2D eigenvalue weighted by Crippen LogP contribution is -2.25. The lowest BCUT2D eigenvalue weighted by Gasteiger charge is -2.28. The number of nitrogens with two attached hydrogens (primary N) is 1. The highest BCUT2D eigenvalue weighted by Gasteiger charge is 2.27. The minimum absolute atomic E-state index is 0.341. The number of fused-ring (bicyclic) bond motifs is 2. The Balaban J connectivity index is 1.69. The quantitative estimate of drug-likeness (QED) is 0.464. The zero-order valence-electron chi connectivity index (χ0n) is 16.0. The summed E-state index contributed by atoms with van der Waals surface area (Å²) in [5, 5.41) is 15.8. The number of thiophene rings is 1. The molecular weight excluding hydrogens is 364 g/mol. The molecule has 2 heterocycles. The fraction of sp³-hybridized carbons (Fsp3) is 0.250. The van der Waals surface area contributed by atoms with Crippen molar-refractivity contribution in [3.05, 3.63) is 70.1 Å². The van der Waals surface area contributed by atoms with Crippen molar-refractivity contribution in [2.24, 2.45) is 0 Å². The van der Waals surface area contributed by atoms with Gasteiger partial charge in [0.15, 0.2) is 0 Å². The molecule has 0 spiro atoms. The van der Waals surface area contributed by atoms with Crippen LogP contribution in [0.15, 0.2) is 48.5 Å². The van der Waals surface area contributed by atoms with Crippen LogP contribution in [0, 0.1) is 0 Å². The summed E-state index contributed by atoms with van der Waals surface area (Å²) in [5.74, 6) is 0.341. The number of rotatable bonds is 4. The molecule has 4 heteroatoms. The third-order valence-corrected chi connectivity index (χ3v) is 6.75. The molecule has 0 saturated carbocycles. The first kappa shape index (κ1) is 17.5. The number of hydrogen-bond donors (Lipinski definition) is 2. The first-order chi connectivity index (χ1) is 13.7. The summed E-state index contributed by atoms with van der Waals surface area (Å²) in [4.78, 5) is 3.74. The number of phenols is 1. The molecule has 3 aromatic carbocycles. The summed E-state index contributed by atoms with van der Waals surface area (Å²) in [6.07, 6.45) is 2.17. The molecule has 28 heavy (non-hydrogen) atoms. The van der Waals surface area contributed by atoms with Gasteiger partial charge in [-0.15, -0.1) is 11.3 Å². The molecule has 0 radical (unpaired) electrons. The number of anilines is 1. The molecule has 3 nitrogen and oxygen atoms in total. The molecule has 0 bridgehead atoms. The van der Waals surface area contributed by atoms with E-state index in [1.54, 1.807) is 11.3 Å². The molecule has 0 amide bonds. The molecule has 0 atom stereocenters. The SMILES string of the molecule is CCCc1ccc2c(O)c3c(N)sc4c3c(c2c1)CN(Cc1ccccc1)C4. The second-order valence-corrected chi connectivity index (χ2v) is 8.86. The summed E-state index contributed by atoms with van der Waals surface area (Å²) < 4.78 is 0. The van der Waals surface area contributed by atoms with E-state index in [4.69, 9.17) is 5.73 Å². The van der Waals surface area contributed by atoms with Gasteiger partial charge in [-0.1, -0.05) is 61.9 Å². The average Bonchev–Trinajstić information content (AvgIpc) is 3.03. The second-order valence-electron chi connectivity index (χ2n) is 7.73. The molecule has 4 aromatic rings. The summed E-state index contributed by atoms with van der Waals surface area (Å²) in [7, 11) is 0. The van der Waals surface area contributed by atoms with Gasteiger partial charge >= 0.3 is 0 Å². The molecule has 1 aliphatic heterocycles. The first-order valence-electron chi connectivity index (χ1n) is 9.89. The van der Waals surface area contributed by atoms with E-state index in [-0.39, 0.29) is 0 Å². The van der Waals surface area contributed by atoms with Crippen molar-refractivity contribution in [3.63, 3.8) is 0 Å². The molecule has 142 valence electrons. The van der Waals surface area contributed by atoms with Crippen molar-refractivity contribution in [1.29, 1.82) is 0 Å². The maximum absolute atomic E-state index is 11.0. The topological polar surface area (TPSA) is 49.5 Å². The van der Waals surface area contributed by atoms with Crippen molar-refractivity contribution in [2.45, 2.75) is 39.4 Å². The zero-order chi connectivity index (χ0) is 19.3. The lowest BCUT2D eigenvalue weighted by atomic mass is 9.92.